The minimum absolute atomic E-state index is 0.247. The zero-order valence-electron chi connectivity index (χ0n) is 15.0. The number of carbonyl (C=O) groups excluding carboxylic acids is 1. The first-order valence-electron chi connectivity index (χ1n) is 8.49. The lowest BCUT2D eigenvalue weighted by Gasteiger charge is -2.10. The lowest BCUT2D eigenvalue weighted by molar-refractivity contribution is 0.102. The standard InChI is InChI=1S/C21H15N5O2/c1-28-17-9-6-15(7-10-17)21(27)25-20-16(12-22)13-23-26(20)19-11-8-14-4-2-3-5-18(14)24-19/h2-11,13H,1H3,(H,25,27). The van der Waals surface area contributed by atoms with E-state index in [1.165, 1.54) is 10.9 Å². The van der Waals surface area contributed by atoms with Gasteiger partial charge in [0.25, 0.3) is 5.91 Å². The molecular formula is C21H15N5O2. The van der Waals surface area contributed by atoms with Crippen LogP contribution in [0.4, 0.5) is 5.82 Å². The fraction of sp³-hybridized carbons (Fsp3) is 0.0476. The van der Waals surface area contributed by atoms with Crippen LogP contribution in [-0.4, -0.2) is 27.8 Å². The van der Waals surface area contributed by atoms with Gasteiger partial charge < -0.3 is 10.1 Å². The molecule has 28 heavy (non-hydrogen) atoms. The summed E-state index contributed by atoms with van der Waals surface area (Å²) in [6, 6.07) is 20.1. The number of para-hydroxylation sites is 1. The molecule has 0 aliphatic rings. The van der Waals surface area contributed by atoms with Gasteiger partial charge in [-0.3, -0.25) is 4.79 Å². The van der Waals surface area contributed by atoms with E-state index in [1.807, 2.05) is 30.3 Å². The Labute approximate surface area is 160 Å². The van der Waals surface area contributed by atoms with Crippen molar-refractivity contribution in [1.82, 2.24) is 14.8 Å². The smallest absolute Gasteiger partial charge is 0.256 e. The Morgan fingerprint density at radius 3 is 2.64 bits per heavy atom. The topological polar surface area (TPSA) is 92.8 Å². The van der Waals surface area contributed by atoms with Crippen molar-refractivity contribution in [3.8, 4) is 17.6 Å². The summed E-state index contributed by atoms with van der Waals surface area (Å²) in [5.74, 6) is 1.07. The number of hydrogen-bond donors (Lipinski definition) is 1. The van der Waals surface area contributed by atoms with Crippen molar-refractivity contribution in [2.24, 2.45) is 0 Å². The highest BCUT2D eigenvalue weighted by molar-refractivity contribution is 6.04. The van der Waals surface area contributed by atoms with Gasteiger partial charge in [0.1, 0.15) is 17.4 Å². The average molecular weight is 369 g/mol. The molecule has 0 aliphatic heterocycles. The van der Waals surface area contributed by atoms with Crippen LogP contribution in [0.2, 0.25) is 0 Å². The number of benzene rings is 2. The van der Waals surface area contributed by atoms with Crippen LogP contribution in [0.5, 0.6) is 5.75 Å². The van der Waals surface area contributed by atoms with Gasteiger partial charge in [-0.15, -0.1) is 0 Å². The minimum atomic E-state index is -0.360. The molecule has 7 nitrogen and oxygen atoms in total. The predicted octanol–water partition coefficient (Wildman–Crippen LogP) is 3.55. The number of methoxy groups -OCH3 is 1. The van der Waals surface area contributed by atoms with Gasteiger partial charge in [-0.2, -0.15) is 15.0 Å². The number of anilines is 1. The number of nitrogens with zero attached hydrogens (tertiary/aromatic N) is 4. The molecule has 0 spiro atoms. The monoisotopic (exact) mass is 369 g/mol. The van der Waals surface area contributed by atoms with Crippen LogP contribution in [0.1, 0.15) is 15.9 Å². The number of aromatic nitrogens is 3. The van der Waals surface area contributed by atoms with E-state index in [1.54, 1.807) is 37.4 Å². The first kappa shape index (κ1) is 17.2. The van der Waals surface area contributed by atoms with Crippen molar-refractivity contribution >= 4 is 22.6 Å². The molecule has 1 N–H and O–H groups in total. The van der Waals surface area contributed by atoms with Gasteiger partial charge in [0.15, 0.2) is 11.6 Å². The van der Waals surface area contributed by atoms with Gasteiger partial charge in [-0.05, 0) is 42.5 Å². The number of fused-ring (bicyclic) bond motifs is 1. The Morgan fingerprint density at radius 1 is 1.11 bits per heavy atom. The molecule has 2 heterocycles. The average Bonchev–Trinajstić information content (AvgIpc) is 3.15. The third kappa shape index (κ3) is 3.15. The number of hydrogen-bond acceptors (Lipinski definition) is 5. The molecule has 136 valence electrons. The first-order chi connectivity index (χ1) is 13.7. The summed E-state index contributed by atoms with van der Waals surface area (Å²) in [6.45, 7) is 0. The second-order valence-electron chi connectivity index (χ2n) is 5.98. The van der Waals surface area contributed by atoms with Gasteiger partial charge in [-0.1, -0.05) is 18.2 Å². The summed E-state index contributed by atoms with van der Waals surface area (Å²) in [5, 5.41) is 17.4. The number of carbonyl (C=O) groups is 1. The van der Waals surface area contributed by atoms with Crippen molar-refractivity contribution in [3.63, 3.8) is 0 Å². The molecule has 4 rings (SSSR count). The Kier molecular flexibility index (Phi) is 4.44. The number of nitriles is 1. The van der Waals surface area contributed by atoms with E-state index in [0.29, 0.717) is 17.1 Å². The molecule has 2 aromatic carbocycles. The Balaban J connectivity index is 1.71. The molecule has 1 amide bonds. The van der Waals surface area contributed by atoms with Crippen molar-refractivity contribution in [1.29, 1.82) is 5.26 Å². The Morgan fingerprint density at radius 2 is 1.89 bits per heavy atom. The highest BCUT2D eigenvalue weighted by atomic mass is 16.5. The SMILES string of the molecule is COc1ccc(C(=O)Nc2c(C#N)cnn2-c2ccc3ccccc3n2)cc1. The van der Waals surface area contributed by atoms with E-state index < -0.39 is 0 Å². The summed E-state index contributed by atoms with van der Waals surface area (Å²) in [6.07, 6.45) is 1.40. The number of rotatable bonds is 4. The second kappa shape index (κ2) is 7.21. The van der Waals surface area contributed by atoms with Crippen LogP contribution < -0.4 is 10.1 Å². The molecule has 0 bridgehead atoms. The van der Waals surface area contributed by atoms with Crippen molar-refractivity contribution in [2.75, 3.05) is 12.4 Å². The van der Waals surface area contributed by atoms with E-state index >= 15 is 0 Å². The molecule has 0 aliphatic carbocycles. The summed E-state index contributed by atoms with van der Waals surface area (Å²) in [4.78, 5) is 17.2. The normalized spacial score (nSPS) is 10.4. The number of pyridine rings is 1. The molecule has 0 unspecified atom stereocenters. The maximum Gasteiger partial charge on any atom is 0.256 e. The van der Waals surface area contributed by atoms with E-state index in [9.17, 15) is 10.1 Å². The molecule has 0 saturated heterocycles. The van der Waals surface area contributed by atoms with E-state index in [-0.39, 0.29) is 17.3 Å². The number of nitrogens with one attached hydrogen (secondary N) is 1. The molecule has 4 aromatic rings. The largest absolute Gasteiger partial charge is 0.497 e. The summed E-state index contributed by atoms with van der Waals surface area (Å²) in [7, 11) is 1.56. The van der Waals surface area contributed by atoms with Crippen LogP contribution in [0.3, 0.4) is 0 Å². The fourth-order valence-electron chi connectivity index (χ4n) is 2.82. The number of ether oxygens (including phenoxy) is 1. The Hall–Kier alpha value is -4.18. The highest BCUT2D eigenvalue weighted by Gasteiger charge is 2.17. The van der Waals surface area contributed by atoms with Gasteiger partial charge in [0, 0.05) is 10.9 Å². The molecule has 0 radical (unpaired) electrons. The zero-order valence-corrected chi connectivity index (χ0v) is 15.0. The van der Waals surface area contributed by atoms with Crippen molar-refractivity contribution in [3.05, 3.63) is 78.0 Å². The van der Waals surface area contributed by atoms with E-state index in [0.717, 1.165) is 10.9 Å². The maximum absolute atomic E-state index is 12.7. The predicted molar refractivity (Wildman–Crippen MR) is 105 cm³/mol. The van der Waals surface area contributed by atoms with Crippen LogP contribution in [-0.2, 0) is 0 Å². The molecule has 7 heteroatoms. The van der Waals surface area contributed by atoms with Crippen LogP contribution in [0.25, 0.3) is 16.7 Å². The third-order valence-corrected chi connectivity index (χ3v) is 4.27. The van der Waals surface area contributed by atoms with E-state index in [4.69, 9.17) is 4.74 Å². The second-order valence-corrected chi connectivity index (χ2v) is 5.98. The van der Waals surface area contributed by atoms with E-state index in [2.05, 4.69) is 21.5 Å². The lowest BCUT2D eigenvalue weighted by atomic mass is 10.2. The molecule has 0 saturated carbocycles. The highest BCUT2D eigenvalue weighted by Crippen LogP contribution is 2.22. The maximum atomic E-state index is 12.7. The van der Waals surface area contributed by atoms with Gasteiger partial charge >= 0.3 is 0 Å². The fourth-order valence-corrected chi connectivity index (χ4v) is 2.82. The lowest BCUT2D eigenvalue weighted by Crippen LogP contribution is -2.16. The minimum Gasteiger partial charge on any atom is -0.497 e. The third-order valence-electron chi connectivity index (χ3n) is 4.27. The number of amides is 1. The van der Waals surface area contributed by atoms with Gasteiger partial charge in [0.05, 0.1) is 18.8 Å². The first-order valence-corrected chi connectivity index (χ1v) is 8.49. The van der Waals surface area contributed by atoms with Crippen molar-refractivity contribution in [2.45, 2.75) is 0 Å². The molecule has 0 fully saturated rings. The summed E-state index contributed by atoms with van der Waals surface area (Å²) < 4.78 is 6.56. The zero-order chi connectivity index (χ0) is 19.5. The van der Waals surface area contributed by atoms with Crippen LogP contribution in [0.15, 0.2) is 66.9 Å². The molecule has 0 atom stereocenters. The van der Waals surface area contributed by atoms with Crippen LogP contribution >= 0.6 is 0 Å². The van der Waals surface area contributed by atoms with Crippen LogP contribution in [0, 0.1) is 11.3 Å². The Bertz CT molecular complexity index is 1210. The van der Waals surface area contributed by atoms with Gasteiger partial charge in [-0.25, -0.2) is 4.98 Å². The van der Waals surface area contributed by atoms with Gasteiger partial charge in [0.2, 0.25) is 0 Å². The molecular weight excluding hydrogens is 354 g/mol. The van der Waals surface area contributed by atoms with Crippen molar-refractivity contribution < 1.29 is 9.53 Å². The summed E-state index contributed by atoms with van der Waals surface area (Å²) in [5.41, 5.74) is 1.47. The molecule has 2 aromatic heterocycles. The quantitative estimate of drug-likeness (QED) is 0.594. The summed E-state index contributed by atoms with van der Waals surface area (Å²) >= 11 is 0.